The van der Waals surface area contributed by atoms with Crippen LogP contribution in [0.15, 0.2) is 71.0 Å². The number of anilines is 1. The lowest BCUT2D eigenvalue weighted by molar-refractivity contribution is 1.14. The van der Waals surface area contributed by atoms with Crippen molar-refractivity contribution in [1.82, 2.24) is 9.97 Å². The van der Waals surface area contributed by atoms with Gasteiger partial charge in [0.05, 0.1) is 11.9 Å². The Morgan fingerprint density at radius 3 is 2.36 bits per heavy atom. The quantitative estimate of drug-likeness (QED) is 0.706. The number of nitrogen functional groups attached to an aromatic ring is 1. The predicted molar refractivity (Wildman–Crippen MR) is 87.5 cm³/mol. The molecule has 0 saturated heterocycles. The molecule has 6 heteroatoms. The molecule has 0 radical (unpaired) electrons. The summed E-state index contributed by atoms with van der Waals surface area (Å²) < 4.78 is 0. The van der Waals surface area contributed by atoms with E-state index in [1.165, 1.54) is 0 Å². The second-order valence-corrected chi connectivity index (χ2v) is 4.94. The number of hydrogen-bond donors (Lipinski definition) is 1. The number of aromatic nitrogens is 2. The highest BCUT2D eigenvalue weighted by Gasteiger charge is 2.08. The highest BCUT2D eigenvalue weighted by Crippen LogP contribution is 2.29. The second kappa shape index (κ2) is 6.32. The molecule has 0 aliphatic rings. The monoisotopic (exact) mass is 309 g/mol. The van der Waals surface area contributed by atoms with Crippen LogP contribution in [0.5, 0.6) is 0 Å². The number of halogens is 1. The lowest BCUT2D eigenvalue weighted by Gasteiger charge is -2.04. The summed E-state index contributed by atoms with van der Waals surface area (Å²) in [4.78, 5) is 8.25. The van der Waals surface area contributed by atoms with E-state index in [0.29, 0.717) is 22.1 Å². The number of nitrogens with two attached hydrogens (primary N) is 1. The first-order valence-corrected chi connectivity index (χ1v) is 6.95. The van der Waals surface area contributed by atoms with Crippen LogP contribution in [0.3, 0.4) is 0 Å². The zero-order valence-corrected chi connectivity index (χ0v) is 12.3. The zero-order valence-electron chi connectivity index (χ0n) is 11.5. The fraction of sp³-hybridized carbons (Fsp3) is 0. The zero-order chi connectivity index (χ0) is 15.4. The van der Waals surface area contributed by atoms with Crippen molar-refractivity contribution < 1.29 is 0 Å². The lowest BCUT2D eigenvalue weighted by atomic mass is 10.1. The molecule has 0 fully saturated rings. The molecule has 0 amide bonds. The summed E-state index contributed by atoms with van der Waals surface area (Å²) in [7, 11) is 0. The fourth-order valence-corrected chi connectivity index (χ4v) is 2.02. The normalized spacial score (nSPS) is 11.0. The van der Waals surface area contributed by atoms with Crippen LogP contribution >= 0.6 is 11.6 Å². The summed E-state index contributed by atoms with van der Waals surface area (Å²) in [5.41, 5.74) is 8.47. The number of azo groups is 1. The van der Waals surface area contributed by atoms with Gasteiger partial charge in [0.15, 0.2) is 0 Å². The summed E-state index contributed by atoms with van der Waals surface area (Å²) in [6.07, 6.45) is 1.56. The molecule has 2 N–H and O–H groups in total. The van der Waals surface area contributed by atoms with Crippen molar-refractivity contribution in [2.75, 3.05) is 5.73 Å². The number of nitrogens with zero attached hydrogens (tertiary/aromatic N) is 4. The molecule has 0 spiro atoms. The van der Waals surface area contributed by atoms with Gasteiger partial charge in [0.1, 0.15) is 11.4 Å². The standard InChI is InChI=1S/C16H12ClN5/c17-12-6-8-13(9-7-12)21-22-14-10-19-16(18)20-15(14)11-4-2-1-3-5-11/h1-10H,(H2,18,19,20). The van der Waals surface area contributed by atoms with Gasteiger partial charge in [-0.25, -0.2) is 9.97 Å². The minimum Gasteiger partial charge on any atom is -0.368 e. The Morgan fingerprint density at radius 1 is 0.909 bits per heavy atom. The van der Waals surface area contributed by atoms with Gasteiger partial charge in [-0.1, -0.05) is 41.9 Å². The van der Waals surface area contributed by atoms with Crippen LogP contribution < -0.4 is 5.73 Å². The first-order chi connectivity index (χ1) is 10.7. The van der Waals surface area contributed by atoms with Crippen LogP contribution in [-0.4, -0.2) is 9.97 Å². The van der Waals surface area contributed by atoms with Crippen LogP contribution in [0.2, 0.25) is 5.02 Å². The Hall–Kier alpha value is -2.79. The summed E-state index contributed by atoms with van der Waals surface area (Å²) in [5, 5.41) is 9.06. The molecule has 5 nitrogen and oxygen atoms in total. The fourth-order valence-electron chi connectivity index (χ4n) is 1.89. The van der Waals surface area contributed by atoms with Gasteiger partial charge in [-0.3, -0.25) is 0 Å². The van der Waals surface area contributed by atoms with E-state index < -0.39 is 0 Å². The van der Waals surface area contributed by atoms with E-state index in [-0.39, 0.29) is 5.95 Å². The maximum Gasteiger partial charge on any atom is 0.220 e. The molecule has 0 aliphatic heterocycles. The van der Waals surface area contributed by atoms with Gasteiger partial charge in [0.2, 0.25) is 5.95 Å². The van der Waals surface area contributed by atoms with Crippen molar-refractivity contribution in [3.05, 3.63) is 65.8 Å². The first-order valence-electron chi connectivity index (χ1n) is 6.57. The summed E-state index contributed by atoms with van der Waals surface area (Å²) >= 11 is 5.85. The molecule has 0 unspecified atom stereocenters. The molecular weight excluding hydrogens is 298 g/mol. The Labute approximate surface area is 132 Å². The molecule has 1 heterocycles. The van der Waals surface area contributed by atoms with E-state index in [0.717, 1.165) is 5.56 Å². The molecule has 3 rings (SSSR count). The molecule has 0 saturated carbocycles. The van der Waals surface area contributed by atoms with Gasteiger partial charge in [0.25, 0.3) is 0 Å². The molecule has 0 atom stereocenters. The van der Waals surface area contributed by atoms with Gasteiger partial charge < -0.3 is 5.73 Å². The van der Waals surface area contributed by atoms with Crippen molar-refractivity contribution in [2.24, 2.45) is 10.2 Å². The molecule has 2 aromatic carbocycles. The number of rotatable bonds is 3. The largest absolute Gasteiger partial charge is 0.368 e. The van der Waals surface area contributed by atoms with Crippen LogP contribution in [0.1, 0.15) is 0 Å². The van der Waals surface area contributed by atoms with Crippen LogP contribution in [0.4, 0.5) is 17.3 Å². The van der Waals surface area contributed by atoms with Crippen molar-refractivity contribution in [3.63, 3.8) is 0 Å². The lowest BCUT2D eigenvalue weighted by Crippen LogP contribution is -1.95. The maximum absolute atomic E-state index is 5.85. The molecule has 1 aromatic heterocycles. The third-order valence-electron chi connectivity index (χ3n) is 2.94. The first kappa shape index (κ1) is 14.2. The molecule has 3 aromatic rings. The van der Waals surface area contributed by atoms with E-state index in [9.17, 15) is 0 Å². The SMILES string of the molecule is Nc1ncc(N=Nc2ccc(Cl)cc2)c(-c2ccccc2)n1. The van der Waals surface area contributed by atoms with Crippen molar-refractivity contribution >= 4 is 28.9 Å². The minimum atomic E-state index is 0.198. The summed E-state index contributed by atoms with van der Waals surface area (Å²) in [6.45, 7) is 0. The van der Waals surface area contributed by atoms with Crippen molar-refractivity contribution in [3.8, 4) is 11.3 Å². The predicted octanol–water partition coefficient (Wildman–Crippen LogP) is 4.79. The van der Waals surface area contributed by atoms with E-state index in [4.69, 9.17) is 17.3 Å². The Kier molecular flexibility index (Phi) is 4.07. The molecule has 0 bridgehead atoms. The number of benzene rings is 2. The van der Waals surface area contributed by atoms with Gasteiger partial charge in [0, 0.05) is 10.6 Å². The van der Waals surface area contributed by atoms with Gasteiger partial charge in [-0.05, 0) is 24.3 Å². The van der Waals surface area contributed by atoms with Gasteiger partial charge in [-0.2, -0.15) is 5.11 Å². The van der Waals surface area contributed by atoms with Crippen LogP contribution in [0.25, 0.3) is 11.3 Å². The van der Waals surface area contributed by atoms with Gasteiger partial charge in [-0.15, -0.1) is 5.11 Å². The molecule has 22 heavy (non-hydrogen) atoms. The van der Waals surface area contributed by atoms with Crippen molar-refractivity contribution in [2.45, 2.75) is 0 Å². The van der Waals surface area contributed by atoms with E-state index in [1.807, 2.05) is 30.3 Å². The topological polar surface area (TPSA) is 76.5 Å². The Morgan fingerprint density at radius 2 is 1.64 bits per heavy atom. The van der Waals surface area contributed by atoms with Crippen molar-refractivity contribution in [1.29, 1.82) is 0 Å². The Bertz CT molecular complexity index is 801. The third kappa shape index (κ3) is 3.27. The molecule has 0 aliphatic carbocycles. The second-order valence-electron chi connectivity index (χ2n) is 4.50. The van der Waals surface area contributed by atoms with E-state index in [2.05, 4.69) is 20.2 Å². The van der Waals surface area contributed by atoms with Gasteiger partial charge >= 0.3 is 0 Å². The molecule has 108 valence electrons. The molecular formula is C16H12ClN5. The smallest absolute Gasteiger partial charge is 0.220 e. The van der Waals surface area contributed by atoms with Crippen LogP contribution in [-0.2, 0) is 0 Å². The van der Waals surface area contributed by atoms with E-state index >= 15 is 0 Å². The maximum atomic E-state index is 5.85. The average molecular weight is 310 g/mol. The Balaban J connectivity index is 1.99. The van der Waals surface area contributed by atoms with Crippen LogP contribution in [0, 0.1) is 0 Å². The third-order valence-corrected chi connectivity index (χ3v) is 3.19. The number of hydrogen-bond acceptors (Lipinski definition) is 5. The summed E-state index contributed by atoms with van der Waals surface area (Å²) in [6, 6.07) is 16.7. The highest BCUT2D eigenvalue weighted by molar-refractivity contribution is 6.30. The van der Waals surface area contributed by atoms with E-state index in [1.54, 1.807) is 30.5 Å². The average Bonchev–Trinajstić information content (AvgIpc) is 2.56. The minimum absolute atomic E-state index is 0.198. The highest BCUT2D eigenvalue weighted by atomic mass is 35.5. The summed E-state index contributed by atoms with van der Waals surface area (Å²) in [5.74, 6) is 0.198.